The first-order valence-corrected chi connectivity index (χ1v) is 6.33. The molecular weight excluding hydrogens is 283 g/mol. The minimum atomic E-state index is -1.17. The number of aliphatic carboxylic acids is 1. The topological polar surface area (TPSA) is 101 Å². The van der Waals surface area contributed by atoms with Gasteiger partial charge in [0.15, 0.2) is 0 Å². The third-order valence-electron chi connectivity index (χ3n) is 3.18. The molecule has 0 aromatic heterocycles. The minimum absolute atomic E-state index is 0.0926. The standard InChI is InChI=1S/C13H13FN2O5/c14-10-4-3-9(5-11(10)16(20)21)13(19)15(7-12(17)18)6-8-1-2-8/h3-5,8H,1-2,6-7H2,(H,17,18). The molecule has 0 bridgehead atoms. The molecule has 21 heavy (non-hydrogen) atoms. The fraction of sp³-hybridized carbons (Fsp3) is 0.385. The second-order valence-electron chi connectivity index (χ2n) is 4.95. The number of rotatable bonds is 6. The Hall–Kier alpha value is -2.51. The van der Waals surface area contributed by atoms with E-state index < -0.39 is 34.8 Å². The zero-order valence-corrected chi connectivity index (χ0v) is 11.0. The van der Waals surface area contributed by atoms with Crippen LogP contribution in [-0.2, 0) is 4.79 Å². The molecule has 0 unspecified atom stereocenters. The Morgan fingerprint density at radius 2 is 2.10 bits per heavy atom. The van der Waals surface area contributed by atoms with Gasteiger partial charge in [-0.1, -0.05) is 0 Å². The first kappa shape index (κ1) is 14.9. The number of nitro groups is 1. The molecule has 1 fully saturated rings. The van der Waals surface area contributed by atoms with Gasteiger partial charge in [0.05, 0.1) is 4.92 Å². The molecule has 0 radical (unpaired) electrons. The maximum absolute atomic E-state index is 13.3. The summed E-state index contributed by atoms with van der Waals surface area (Å²) in [4.78, 5) is 33.9. The van der Waals surface area contributed by atoms with E-state index in [1.165, 1.54) is 0 Å². The predicted molar refractivity (Wildman–Crippen MR) is 69.3 cm³/mol. The van der Waals surface area contributed by atoms with Crippen LogP contribution in [0.25, 0.3) is 0 Å². The molecule has 1 aliphatic carbocycles. The van der Waals surface area contributed by atoms with Crippen LogP contribution in [0.15, 0.2) is 18.2 Å². The number of nitro benzene ring substituents is 1. The van der Waals surface area contributed by atoms with Gasteiger partial charge < -0.3 is 10.0 Å². The monoisotopic (exact) mass is 296 g/mol. The van der Waals surface area contributed by atoms with Gasteiger partial charge in [-0.25, -0.2) is 0 Å². The molecule has 2 rings (SSSR count). The molecule has 0 spiro atoms. The van der Waals surface area contributed by atoms with Crippen molar-refractivity contribution < 1.29 is 24.0 Å². The Morgan fingerprint density at radius 3 is 2.62 bits per heavy atom. The third-order valence-corrected chi connectivity index (χ3v) is 3.18. The van der Waals surface area contributed by atoms with E-state index in [2.05, 4.69) is 0 Å². The summed E-state index contributed by atoms with van der Waals surface area (Å²) in [7, 11) is 0. The van der Waals surface area contributed by atoms with E-state index >= 15 is 0 Å². The van der Waals surface area contributed by atoms with Crippen molar-refractivity contribution >= 4 is 17.6 Å². The number of carbonyl (C=O) groups excluding carboxylic acids is 1. The summed E-state index contributed by atoms with van der Waals surface area (Å²) in [5.74, 6) is -2.58. The number of hydrogen-bond acceptors (Lipinski definition) is 4. The summed E-state index contributed by atoms with van der Waals surface area (Å²) in [5, 5.41) is 19.5. The number of benzene rings is 1. The fourth-order valence-electron chi connectivity index (χ4n) is 1.96. The van der Waals surface area contributed by atoms with Gasteiger partial charge in [0.2, 0.25) is 5.82 Å². The van der Waals surface area contributed by atoms with Gasteiger partial charge in [-0.05, 0) is 30.9 Å². The van der Waals surface area contributed by atoms with Gasteiger partial charge in [0, 0.05) is 18.2 Å². The lowest BCUT2D eigenvalue weighted by molar-refractivity contribution is -0.387. The second kappa shape index (κ2) is 5.86. The molecule has 0 aliphatic heterocycles. The van der Waals surface area contributed by atoms with Crippen LogP contribution in [0, 0.1) is 21.8 Å². The average molecular weight is 296 g/mol. The highest BCUT2D eigenvalue weighted by atomic mass is 19.1. The van der Waals surface area contributed by atoms with Crippen molar-refractivity contribution in [3.8, 4) is 0 Å². The largest absolute Gasteiger partial charge is 0.480 e. The molecule has 1 aliphatic rings. The van der Waals surface area contributed by atoms with E-state index in [9.17, 15) is 24.1 Å². The molecule has 1 aromatic rings. The Balaban J connectivity index is 2.24. The molecule has 0 heterocycles. The quantitative estimate of drug-likeness (QED) is 0.635. The summed E-state index contributed by atoms with van der Waals surface area (Å²) in [5.41, 5.74) is -0.896. The van der Waals surface area contributed by atoms with Gasteiger partial charge in [-0.2, -0.15) is 4.39 Å². The van der Waals surface area contributed by atoms with Gasteiger partial charge >= 0.3 is 11.7 Å². The summed E-state index contributed by atoms with van der Waals surface area (Å²) >= 11 is 0. The van der Waals surface area contributed by atoms with E-state index in [1.54, 1.807) is 0 Å². The van der Waals surface area contributed by atoms with Crippen molar-refractivity contribution in [3.05, 3.63) is 39.7 Å². The summed E-state index contributed by atoms with van der Waals surface area (Å²) < 4.78 is 13.3. The summed E-state index contributed by atoms with van der Waals surface area (Å²) in [6.07, 6.45) is 1.85. The Bertz CT molecular complexity index is 600. The second-order valence-corrected chi connectivity index (χ2v) is 4.95. The third kappa shape index (κ3) is 3.74. The normalized spacial score (nSPS) is 13.8. The van der Waals surface area contributed by atoms with E-state index in [0.717, 1.165) is 35.9 Å². The molecular formula is C13H13FN2O5. The maximum Gasteiger partial charge on any atom is 0.323 e. The smallest absolute Gasteiger partial charge is 0.323 e. The van der Waals surface area contributed by atoms with Crippen molar-refractivity contribution in [1.82, 2.24) is 4.90 Å². The summed E-state index contributed by atoms with van der Waals surface area (Å²) in [6, 6.07) is 2.78. The summed E-state index contributed by atoms with van der Waals surface area (Å²) in [6.45, 7) is -0.198. The molecule has 7 nitrogen and oxygen atoms in total. The van der Waals surface area contributed by atoms with Crippen LogP contribution in [0.4, 0.5) is 10.1 Å². The van der Waals surface area contributed by atoms with E-state index in [-0.39, 0.29) is 18.0 Å². The first-order chi connectivity index (χ1) is 9.88. The van der Waals surface area contributed by atoms with Gasteiger partial charge in [-0.3, -0.25) is 19.7 Å². The Kier molecular flexibility index (Phi) is 4.15. The molecule has 1 saturated carbocycles. The molecule has 1 amide bonds. The molecule has 1 N–H and O–H groups in total. The van der Waals surface area contributed by atoms with Crippen molar-refractivity contribution in [2.24, 2.45) is 5.92 Å². The lowest BCUT2D eigenvalue weighted by Gasteiger charge is -2.20. The van der Waals surface area contributed by atoms with Crippen molar-refractivity contribution in [2.75, 3.05) is 13.1 Å². The van der Waals surface area contributed by atoms with Crippen LogP contribution < -0.4 is 0 Å². The van der Waals surface area contributed by atoms with E-state index in [0.29, 0.717) is 0 Å². The van der Waals surface area contributed by atoms with Crippen LogP contribution in [0.2, 0.25) is 0 Å². The first-order valence-electron chi connectivity index (χ1n) is 6.33. The molecule has 1 aromatic carbocycles. The number of carbonyl (C=O) groups is 2. The van der Waals surface area contributed by atoms with E-state index in [1.807, 2.05) is 0 Å². The van der Waals surface area contributed by atoms with Gasteiger partial charge in [0.1, 0.15) is 6.54 Å². The Morgan fingerprint density at radius 1 is 1.43 bits per heavy atom. The lowest BCUT2D eigenvalue weighted by Crippen LogP contribution is -2.37. The van der Waals surface area contributed by atoms with Crippen molar-refractivity contribution in [1.29, 1.82) is 0 Å². The molecule has 0 saturated heterocycles. The number of carboxylic acids is 1. The molecule has 8 heteroatoms. The number of amides is 1. The van der Waals surface area contributed by atoms with Crippen LogP contribution in [-0.4, -0.2) is 39.9 Å². The van der Waals surface area contributed by atoms with Gasteiger partial charge in [0.25, 0.3) is 5.91 Å². The minimum Gasteiger partial charge on any atom is -0.480 e. The SMILES string of the molecule is O=C(O)CN(CC1CC1)C(=O)c1ccc(F)c([N+](=O)[O-])c1. The van der Waals surface area contributed by atoms with Crippen LogP contribution >= 0.6 is 0 Å². The van der Waals surface area contributed by atoms with Gasteiger partial charge in [-0.15, -0.1) is 0 Å². The average Bonchev–Trinajstić information content (AvgIpc) is 3.21. The number of halogens is 1. The highest BCUT2D eigenvalue weighted by molar-refractivity contribution is 5.96. The Labute approximate surface area is 119 Å². The van der Waals surface area contributed by atoms with Crippen LogP contribution in [0.5, 0.6) is 0 Å². The zero-order chi connectivity index (χ0) is 15.6. The van der Waals surface area contributed by atoms with E-state index in [4.69, 9.17) is 5.11 Å². The molecule has 0 atom stereocenters. The fourth-order valence-corrected chi connectivity index (χ4v) is 1.96. The van der Waals surface area contributed by atoms with Crippen molar-refractivity contribution in [2.45, 2.75) is 12.8 Å². The number of carboxylic acid groups (broad SMARTS) is 1. The van der Waals surface area contributed by atoms with Crippen LogP contribution in [0.3, 0.4) is 0 Å². The molecule has 112 valence electrons. The highest BCUT2D eigenvalue weighted by Crippen LogP contribution is 2.30. The van der Waals surface area contributed by atoms with Crippen molar-refractivity contribution in [3.63, 3.8) is 0 Å². The highest BCUT2D eigenvalue weighted by Gasteiger charge is 2.29. The lowest BCUT2D eigenvalue weighted by atomic mass is 10.1. The number of hydrogen-bond donors (Lipinski definition) is 1. The van der Waals surface area contributed by atoms with Crippen LogP contribution in [0.1, 0.15) is 23.2 Å². The zero-order valence-electron chi connectivity index (χ0n) is 11.0. The number of nitrogens with zero attached hydrogens (tertiary/aromatic N) is 2. The predicted octanol–water partition coefficient (Wildman–Crippen LogP) is 1.67. The maximum atomic E-state index is 13.3.